The lowest BCUT2D eigenvalue weighted by atomic mass is 10.0. The monoisotopic (exact) mass is 488 g/mol. The van der Waals surface area contributed by atoms with Crippen molar-refractivity contribution in [1.29, 1.82) is 0 Å². The van der Waals surface area contributed by atoms with Crippen molar-refractivity contribution in [3.63, 3.8) is 0 Å². The summed E-state index contributed by atoms with van der Waals surface area (Å²) in [7, 11) is 0. The van der Waals surface area contributed by atoms with Crippen molar-refractivity contribution in [3.05, 3.63) is 121 Å². The van der Waals surface area contributed by atoms with E-state index in [1.54, 1.807) is 0 Å². The first-order valence-electron chi connectivity index (χ1n) is 13.7. The van der Waals surface area contributed by atoms with Crippen molar-refractivity contribution in [2.75, 3.05) is 0 Å². The highest BCUT2D eigenvalue weighted by Crippen LogP contribution is 2.39. The smallest absolute Gasteiger partial charge is 0.0538 e. The van der Waals surface area contributed by atoms with Crippen LogP contribution < -0.4 is 0 Å². The normalized spacial score (nSPS) is 15.6. The zero-order valence-corrected chi connectivity index (χ0v) is 21.3. The number of benzene rings is 4. The van der Waals surface area contributed by atoms with Gasteiger partial charge >= 0.3 is 0 Å². The summed E-state index contributed by atoms with van der Waals surface area (Å²) in [5, 5.41) is 5.26. The van der Waals surface area contributed by atoms with Gasteiger partial charge in [-0.1, -0.05) is 72.8 Å². The maximum Gasteiger partial charge on any atom is 0.0538 e. The van der Waals surface area contributed by atoms with E-state index in [4.69, 9.17) is 0 Å². The molecule has 0 amide bonds. The number of allylic oxidation sites excluding steroid dienone is 8. The van der Waals surface area contributed by atoms with Gasteiger partial charge in [-0.2, -0.15) is 0 Å². The zero-order valence-electron chi connectivity index (χ0n) is 21.3. The summed E-state index contributed by atoms with van der Waals surface area (Å²) in [4.78, 5) is 0. The summed E-state index contributed by atoms with van der Waals surface area (Å²) in [6, 6.07) is 31.7. The van der Waals surface area contributed by atoms with E-state index in [1.807, 2.05) is 0 Å². The van der Waals surface area contributed by atoms with Gasteiger partial charge in [0.05, 0.1) is 22.1 Å². The van der Waals surface area contributed by atoms with Crippen LogP contribution in [0.15, 0.2) is 121 Å². The lowest BCUT2D eigenvalue weighted by molar-refractivity contribution is 0.979. The van der Waals surface area contributed by atoms with Crippen molar-refractivity contribution in [3.8, 4) is 11.1 Å². The van der Waals surface area contributed by atoms with Crippen molar-refractivity contribution < 1.29 is 0 Å². The Labute approximate surface area is 222 Å². The molecular formula is C36H28N2. The topological polar surface area (TPSA) is 9.86 Å². The largest absolute Gasteiger partial charge is 0.313 e. The van der Waals surface area contributed by atoms with Crippen LogP contribution in [0.4, 0.5) is 0 Å². The third-order valence-electron chi connectivity index (χ3n) is 8.24. The fourth-order valence-corrected chi connectivity index (χ4v) is 6.48. The molecule has 0 aliphatic heterocycles. The van der Waals surface area contributed by atoms with E-state index >= 15 is 0 Å². The number of para-hydroxylation sites is 2. The molecule has 8 rings (SSSR count). The molecule has 0 spiro atoms. The third kappa shape index (κ3) is 3.20. The quantitative estimate of drug-likeness (QED) is 0.234. The van der Waals surface area contributed by atoms with Gasteiger partial charge in [0.15, 0.2) is 0 Å². The maximum absolute atomic E-state index is 2.46. The molecule has 2 aliphatic carbocycles. The molecule has 2 nitrogen and oxygen atoms in total. The van der Waals surface area contributed by atoms with Gasteiger partial charge < -0.3 is 9.13 Å². The Balaban J connectivity index is 1.34. The molecule has 2 heteroatoms. The molecule has 0 N–H and O–H groups in total. The second kappa shape index (κ2) is 8.49. The van der Waals surface area contributed by atoms with E-state index in [1.165, 1.54) is 66.1 Å². The van der Waals surface area contributed by atoms with Gasteiger partial charge in [-0.15, -0.1) is 0 Å². The number of aromatic nitrogens is 2. The highest BCUT2D eigenvalue weighted by atomic mass is 15.0. The fourth-order valence-electron chi connectivity index (χ4n) is 6.48. The lowest BCUT2D eigenvalue weighted by Crippen LogP contribution is -1.98. The van der Waals surface area contributed by atoms with Crippen LogP contribution in [-0.2, 0) is 0 Å². The predicted molar refractivity (Wildman–Crippen MR) is 163 cm³/mol. The first-order valence-corrected chi connectivity index (χ1v) is 13.7. The Morgan fingerprint density at radius 3 is 1.34 bits per heavy atom. The number of fused-ring (bicyclic) bond motifs is 6. The van der Waals surface area contributed by atoms with Crippen LogP contribution in [0.5, 0.6) is 0 Å². The second-order valence-corrected chi connectivity index (χ2v) is 10.4. The Bertz CT molecular complexity index is 1870. The first kappa shape index (κ1) is 21.5. The fraction of sp³-hybridized carbons (Fsp3) is 0.111. The minimum Gasteiger partial charge on any atom is -0.313 e. The van der Waals surface area contributed by atoms with Crippen LogP contribution in [-0.4, -0.2) is 9.13 Å². The van der Waals surface area contributed by atoms with Gasteiger partial charge in [0.2, 0.25) is 0 Å². The third-order valence-corrected chi connectivity index (χ3v) is 8.24. The van der Waals surface area contributed by atoms with Gasteiger partial charge in [-0.05, 0) is 85.4 Å². The molecule has 2 aliphatic rings. The van der Waals surface area contributed by atoms with Crippen LogP contribution >= 0.6 is 0 Å². The van der Waals surface area contributed by atoms with Gasteiger partial charge in [-0.25, -0.2) is 0 Å². The number of hydrogen-bond donors (Lipinski definition) is 0. The number of hydrogen-bond acceptors (Lipinski definition) is 0. The standard InChI is InChI=1S/C36H28N2/c1-3-11-27(12-4-1)37-33-17-9-7-15-29(33)31-23-25(19-21-35(31)37)26-20-22-36-32(24-26)30-16-8-10-18-34(30)38(36)28-13-5-2-6-14-28/h1-3,5,7-11,13,15-24H,4,6,12,14H2. The molecule has 0 unspecified atom stereocenters. The molecule has 182 valence electrons. The zero-order chi connectivity index (χ0) is 25.1. The molecule has 0 radical (unpaired) electrons. The maximum atomic E-state index is 2.46. The summed E-state index contributed by atoms with van der Waals surface area (Å²) in [5.41, 5.74) is 10.4. The Hall–Kier alpha value is -4.56. The van der Waals surface area contributed by atoms with Gasteiger partial charge in [0, 0.05) is 32.9 Å². The molecule has 0 fully saturated rings. The van der Waals surface area contributed by atoms with Crippen molar-refractivity contribution >= 4 is 55.0 Å². The molecule has 38 heavy (non-hydrogen) atoms. The highest BCUT2D eigenvalue weighted by molar-refractivity contribution is 6.13. The summed E-state index contributed by atoms with van der Waals surface area (Å²) in [5.74, 6) is 0. The molecule has 6 aromatic rings. The van der Waals surface area contributed by atoms with Crippen LogP contribution in [0.1, 0.15) is 25.7 Å². The molecule has 2 heterocycles. The van der Waals surface area contributed by atoms with Gasteiger partial charge in [0.25, 0.3) is 0 Å². The molecule has 0 atom stereocenters. The van der Waals surface area contributed by atoms with E-state index < -0.39 is 0 Å². The van der Waals surface area contributed by atoms with Crippen molar-refractivity contribution in [2.24, 2.45) is 0 Å². The Morgan fingerprint density at radius 1 is 0.447 bits per heavy atom. The van der Waals surface area contributed by atoms with Crippen LogP contribution in [0, 0.1) is 0 Å². The second-order valence-electron chi connectivity index (χ2n) is 10.4. The van der Waals surface area contributed by atoms with E-state index in [0.29, 0.717) is 0 Å². The van der Waals surface area contributed by atoms with E-state index in [0.717, 1.165) is 25.7 Å². The minimum atomic E-state index is 1.07. The molecule has 0 saturated carbocycles. The first-order chi connectivity index (χ1) is 18.9. The highest BCUT2D eigenvalue weighted by Gasteiger charge is 2.17. The summed E-state index contributed by atoms with van der Waals surface area (Å²) in [6.45, 7) is 0. The summed E-state index contributed by atoms with van der Waals surface area (Å²) < 4.78 is 4.92. The Morgan fingerprint density at radius 2 is 0.895 bits per heavy atom. The lowest BCUT2D eigenvalue weighted by Gasteiger charge is -2.14. The molecule has 2 aromatic heterocycles. The number of nitrogens with zero attached hydrogens (tertiary/aromatic N) is 2. The van der Waals surface area contributed by atoms with Crippen LogP contribution in [0.25, 0.3) is 66.1 Å². The predicted octanol–water partition coefficient (Wildman–Crippen LogP) is 9.95. The average Bonchev–Trinajstić information content (AvgIpc) is 3.50. The molecule has 0 saturated heterocycles. The van der Waals surface area contributed by atoms with E-state index in [9.17, 15) is 0 Å². The average molecular weight is 489 g/mol. The van der Waals surface area contributed by atoms with Crippen LogP contribution in [0.3, 0.4) is 0 Å². The number of rotatable bonds is 3. The van der Waals surface area contributed by atoms with Gasteiger partial charge in [-0.3, -0.25) is 0 Å². The van der Waals surface area contributed by atoms with Crippen molar-refractivity contribution in [1.82, 2.24) is 9.13 Å². The van der Waals surface area contributed by atoms with E-state index in [-0.39, 0.29) is 0 Å². The van der Waals surface area contributed by atoms with E-state index in [2.05, 4.69) is 131 Å². The molecule has 0 bridgehead atoms. The van der Waals surface area contributed by atoms with Crippen molar-refractivity contribution in [2.45, 2.75) is 25.7 Å². The molecular weight excluding hydrogens is 460 g/mol. The van der Waals surface area contributed by atoms with Gasteiger partial charge in [0.1, 0.15) is 0 Å². The minimum absolute atomic E-state index is 1.07. The van der Waals surface area contributed by atoms with Crippen LogP contribution in [0.2, 0.25) is 0 Å². The Kier molecular flexibility index (Phi) is 4.81. The summed E-state index contributed by atoms with van der Waals surface area (Å²) in [6.07, 6.45) is 17.8. The summed E-state index contributed by atoms with van der Waals surface area (Å²) >= 11 is 0. The SMILES string of the molecule is C1=CCCC(n2c3ccccc3c3cc(-c4ccc5c(c4)c4ccccc4n5C4=CC=CCC4)ccc32)=C1. The molecule has 4 aromatic carbocycles.